The summed E-state index contributed by atoms with van der Waals surface area (Å²) in [7, 11) is 0. The largest absolute Gasteiger partial charge is 0.0991 e. The second-order valence-electron chi connectivity index (χ2n) is 24.4. The van der Waals surface area contributed by atoms with Crippen LogP contribution < -0.4 is 0 Å². The molecule has 0 N–H and O–H groups in total. The monoisotopic (exact) mass is 1150 g/mol. The third-order valence-corrected chi connectivity index (χ3v) is 18.6. The Hall–Kier alpha value is -8.06. The number of rotatable bonds is 9. The second kappa shape index (κ2) is 28.2. The van der Waals surface area contributed by atoms with Gasteiger partial charge in [0.25, 0.3) is 0 Å². The maximum absolute atomic E-state index is 4.56. The van der Waals surface area contributed by atoms with Gasteiger partial charge in [0.15, 0.2) is 0 Å². The van der Waals surface area contributed by atoms with Crippen molar-refractivity contribution in [2.75, 3.05) is 0 Å². The molecule has 4 aliphatic carbocycles. The fourth-order valence-electron chi connectivity index (χ4n) is 14.1. The normalized spacial score (nSPS) is 17.0. The van der Waals surface area contributed by atoms with Crippen molar-refractivity contribution in [1.82, 2.24) is 0 Å². The van der Waals surface area contributed by atoms with Gasteiger partial charge in [-0.05, 0) is 186 Å². The maximum atomic E-state index is 4.56. The van der Waals surface area contributed by atoms with Crippen LogP contribution in [0.1, 0.15) is 183 Å². The molecule has 0 saturated heterocycles. The molecular formula is C87H102. The molecule has 8 aromatic carbocycles. The van der Waals surface area contributed by atoms with Crippen molar-refractivity contribution < 1.29 is 0 Å². The number of fused-ring (bicyclic) bond motifs is 7. The van der Waals surface area contributed by atoms with E-state index in [1.54, 1.807) is 0 Å². The molecule has 0 aliphatic heterocycles. The summed E-state index contributed by atoms with van der Waals surface area (Å²) >= 11 is 0. The zero-order valence-electron chi connectivity index (χ0n) is 54.5. The van der Waals surface area contributed by atoms with E-state index < -0.39 is 5.41 Å². The summed E-state index contributed by atoms with van der Waals surface area (Å²) in [5.74, 6) is 0.382. The number of hydrogen-bond acceptors (Lipinski definition) is 0. The summed E-state index contributed by atoms with van der Waals surface area (Å²) < 4.78 is 0. The van der Waals surface area contributed by atoms with Crippen molar-refractivity contribution in [3.63, 3.8) is 0 Å². The molecule has 0 amide bonds. The molecular weight excluding hydrogens is 1040 g/mol. The second-order valence-corrected chi connectivity index (χ2v) is 24.4. The molecule has 0 radical (unpaired) electrons. The van der Waals surface area contributed by atoms with Gasteiger partial charge in [-0.1, -0.05) is 330 Å². The molecule has 4 aliphatic rings. The van der Waals surface area contributed by atoms with Crippen LogP contribution >= 0.6 is 0 Å². The molecule has 0 heterocycles. The van der Waals surface area contributed by atoms with E-state index in [0.29, 0.717) is 5.92 Å². The standard InChI is InChI=1S/C63H56.C16H20.3C2H6.2CH4/c1-9-21-50-41(3)56(61(5,6)42(50)4)37-43(10-2)36-44-30-33-52-53-34-31-46(39-58(53)62(7,8)57(52)38-44)47-32-35-54-59(40-47)63(48-24-16-12-17-25-48,49-26-18-13-19-27-49)55-29-20-28-51(60(54)55)45-22-14-11-15-23-45;1-11(2)10-15-12(3)13-8-6-7-9-14(13)16(15,4)5;3*1-2;;/h9-35,37-40,42H,1,3,36H2,2,4-8H3;6-10H,1-5H3;3*1-2H3;2*1H4/b43-10-,50-21-,56-37+;;;;;;. The quantitative estimate of drug-likeness (QED) is 0.135. The number of allylic oxidation sites excluding steroid dienone is 12. The van der Waals surface area contributed by atoms with Crippen molar-refractivity contribution in [3.8, 4) is 44.5 Å². The Morgan fingerprint density at radius 3 is 1.55 bits per heavy atom. The Morgan fingerprint density at radius 1 is 0.506 bits per heavy atom. The van der Waals surface area contributed by atoms with E-state index in [2.05, 4.69) is 302 Å². The first kappa shape index (κ1) is 68.1. The molecule has 1 fully saturated rings. The van der Waals surface area contributed by atoms with E-state index in [9.17, 15) is 0 Å². The highest BCUT2D eigenvalue weighted by Crippen LogP contribution is 2.60. The van der Waals surface area contributed by atoms with Crippen LogP contribution in [-0.2, 0) is 22.7 Å². The molecule has 1 atom stereocenters. The summed E-state index contributed by atoms with van der Waals surface area (Å²) in [5.41, 5.74) is 31.3. The van der Waals surface area contributed by atoms with Crippen LogP contribution in [0, 0.1) is 11.3 Å². The lowest BCUT2D eigenvalue weighted by Crippen LogP contribution is -2.28. The molecule has 8 aromatic rings. The molecule has 0 aromatic heterocycles. The highest BCUT2D eigenvalue weighted by Gasteiger charge is 2.48. The van der Waals surface area contributed by atoms with Crippen molar-refractivity contribution in [2.45, 2.75) is 155 Å². The Labute approximate surface area is 528 Å². The highest BCUT2D eigenvalue weighted by molar-refractivity contribution is 5.97. The van der Waals surface area contributed by atoms with Gasteiger partial charge in [0.1, 0.15) is 0 Å². The predicted molar refractivity (Wildman–Crippen MR) is 387 cm³/mol. The van der Waals surface area contributed by atoms with Crippen LogP contribution in [0.2, 0.25) is 0 Å². The third kappa shape index (κ3) is 12.1. The van der Waals surface area contributed by atoms with E-state index in [-0.39, 0.29) is 31.1 Å². The first-order valence-electron chi connectivity index (χ1n) is 31.5. The van der Waals surface area contributed by atoms with Gasteiger partial charge >= 0.3 is 0 Å². The van der Waals surface area contributed by atoms with E-state index in [0.717, 1.165) is 12.0 Å². The van der Waals surface area contributed by atoms with E-state index in [4.69, 9.17) is 0 Å². The first-order chi connectivity index (χ1) is 40.9. The minimum absolute atomic E-state index is 0. The van der Waals surface area contributed by atoms with Crippen molar-refractivity contribution in [1.29, 1.82) is 0 Å². The Kier molecular flexibility index (Phi) is 22.1. The summed E-state index contributed by atoms with van der Waals surface area (Å²) in [4.78, 5) is 0. The smallest absolute Gasteiger partial charge is 0.0714 e. The number of benzene rings is 8. The van der Waals surface area contributed by atoms with Gasteiger partial charge in [-0.15, -0.1) is 0 Å². The summed E-state index contributed by atoms with van der Waals surface area (Å²) in [6.45, 7) is 45.7. The molecule has 87 heavy (non-hydrogen) atoms. The van der Waals surface area contributed by atoms with Gasteiger partial charge in [0.05, 0.1) is 5.41 Å². The molecule has 0 heteroatoms. The Bertz CT molecular complexity index is 3850. The average molecular weight is 1150 g/mol. The van der Waals surface area contributed by atoms with E-state index in [1.807, 2.05) is 47.6 Å². The van der Waals surface area contributed by atoms with Crippen molar-refractivity contribution >= 4 is 5.57 Å². The topological polar surface area (TPSA) is 0 Å². The third-order valence-electron chi connectivity index (χ3n) is 18.6. The zero-order valence-corrected chi connectivity index (χ0v) is 54.5. The van der Waals surface area contributed by atoms with Crippen molar-refractivity contribution in [2.24, 2.45) is 11.3 Å². The lowest BCUT2D eigenvalue weighted by molar-refractivity contribution is 0.367. The van der Waals surface area contributed by atoms with E-state index in [1.165, 1.54) is 128 Å². The SMILES string of the molecule is C.C.C=C/C=C1/C(=C)/C(=C\C(=C/C)Cc2ccc3c(c2)C(C)(C)c2cc(-c4ccc5c(c4)C(c4ccccc4)(c4ccccc4)c4cccc(-c6ccccc6)c4-5)ccc2-3)C(C)(C)C1C.CC.CC.CC.CC(C)=CC1=C(C)c2ccccc2C1(C)C. The van der Waals surface area contributed by atoms with Crippen LogP contribution in [0.25, 0.3) is 50.1 Å². The molecule has 1 saturated carbocycles. The number of hydrogen-bond donors (Lipinski definition) is 0. The molecule has 0 nitrogen and oxygen atoms in total. The van der Waals surface area contributed by atoms with Crippen LogP contribution in [0.5, 0.6) is 0 Å². The Morgan fingerprint density at radius 2 is 1.00 bits per heavy atom. The van der Waals surface area contributed by atoms with E-state index >= 15 is 0 Å². The lowest BCUT2D eigenvalue weighted by atomic mass is 9.67. The fourth-order valence-corrected chi connectivity index (χ4v) is 14.1. The molecule has 450 valence electrons. The van der Waals surface area contributed by atoms with Crippen molar-refractivity contribution in [3.05, 3.63) is 315 Å². The van der Waals surface area contributed by atoms with Gasteiger partial charge in [-0.2, -0.15) is 0 Å². The molecule has 0 bridgehead atoms. The molecule has 0 spiro atoms. The summed E-state index contributed by atoms with van der Waals surface area (Å²) in [6, 6.07) is 70.5. The van der Waals surface area contributed by atoms with Crippen LogP contribution in [0.15, 0.2) is 265 Å². The molecule has 12 rings (SSSR count). The van der Waals surface area contributed by atoms with Gasteiger partial charge in [0.2, 0.25) is 0 Å². The Balaban J connectivity index is 0.000000430. The zero-order chi connectivity index (χ0) is 61.6. The minimum Gasteiger partial charge on any atom is -0.0991 e. The minimum atomic E-state index is -0.498. The van der Waals surface area contributed by atoms with Gasteiger partial charge in [-0.25, -0.2) is 0 Å². The lowest BCUT2D eigenvalue weighted by Gasteiger charge is -2.34. The maximum Gasteiger partial charge on any atom is 0.0714 e. The van der Waals surface area contributed by atoms with Crippen LogP contribution in [0.3, 0.4) is 0 Å². The predicted octanol–water partition coefficient (Wildman–Crippen LogP) is 25.5. The summed E-state index contributed by atoms with van der Waals surface area (Å²) in [5, 5.41) is 0. The van der Waals surface area contributed by atoms with Crippen LogP contribution in [-0.4, -0.2) is 0 Å². The average Bonchev–Trinajstić information content (AvgIpc) is 1.56. The van der Waals surface area contributed by atoms with Gasteiger partial charge in [-0.3, -0.25) is 0 Å². The van der Waals surface area contributed by atoms with Crippen LogP contribution in [0.4, 0.5) is 0 Å². The fraction of sp³-hybridized carbons (Fsp3) is 0.287. The first-order valence-corrected chi connectivity index (χ1v) is 31.5. The van der Waals surface area contributed by atoms with Gasteiger partial charge in [0, 0.05) is 10.8 Å². The van der Waals surface area contributed by atoms with Gasteiger partial charge < -0.3 is 0 Å². The molecule has 1 unspecified atom stereocenters. The highest BCUT2D eigenvalue weighted by atomic mass is 14.5. The summed E-state index contributed by atoms with van der Waals surface area (Å²) in [6.07, 6.45) is 11.9.